The zero-order valence-electron chi connectivity index (χ0n) is 11.1. The molecule has 0 amide bonds. The van der Waals surface area contributed by atoms with Gasteiger partial charge in [-0.2, -0.15) is 0 Å². The van der Waals surface area contributed by atoms with Gasteiger partial charge in [-0.25, -0.2) is 8.42 Å². The quantitative estimate of drug-likeness (QED) is 0.559. The first-order valence-electron chi connectivity index (χ1n) is 6.19. The predicted molar refractivity (Wildman–Crippen MR) is 92.9 cm³/mol. The van der Waals surface area contributed by atoms with Crippen LogP contribution < -0.4 is 15.2 Å². The third-order valence-corrected chi connectivity index (χ3v) is 4.59. The van der Waals surface area contributed by atoms with Crippen molar-refractivity contribution in [1.29, 1.82) is 0 Å². The van der Waals surface area contributed by atoms with E-state index in [1.54, 1.807) is 36.4 Å². The maximum Gasteiger partial charge on any atom is 0.236 e. The average Bonchev–Trinajstić information content (AvgIpc) is 2.43. The molecule has 3 N–H and O–H groups in total. The molecule has 0 unspecified atom stereocenters. The summed E-state index contributed by atoms with van der Waals surface area (Å²) in [5.41, 5.74) is 6.74. The van der Waals surface area contributed by atoms with E-state index in [0.29, 0.717) is 17.1 Å². The smallest absolute Gasteiger partial charge is 0.236 e. The summed E-state index contributed by atoms with van der Waals surface area (Å²) in [5.74, 6) is 0.470. The molecule has 0 saturated carbocycles. The van der Waals surface area contributed by atoms with Gasteiger partial charge in [-0.3, -0.25) is 4.72 Å². The van der Waals surface area contributed by atoms with Gasteiger partial charge in [0.05, 0.1) is 0 Å². The monoisotopic (exact) mass is 418 g/mol. The van der Waals surface area contributed by atoms with Gasteiger partial charge in [-0.05, 0) is 71.1 Å². The third kappa shape index (κ3) is 5.43. The van der Waals surface area contributed by atoms with E-state index in [9.17, 15) is 8.42 Å². The predicted octanol–water partition coefficient (Wildman–Crippen LogP) is 2.69. The highest BCUT2D eigenvalue weighted by Gasteiger charge is 2.10. The van der Waals surface area contributed by atoms with Crippen LogP contribution in [0.3, 0.4) is 0 Å². The SMILES string of the molecule is Nc1ccc(OCCS(=O)(=O)Nc2ccc(I)cc2)cc1. The molecule has 0 spiro atoms. The second-order valence-corrected chi connectivity index (χ2v) is 7.43. The van der Waals surface area contributed by atoms with Crippen molar-refractivity contribution in [3.8, 4) is 5.75 Å². The number of nitrogens with one attached hydrogen (secondary N) is 1. The van der Waals surface area contributed by atoms with Crippen LogP contribution in [-0.4, -0.2) is 20.8 Å². The Hall–Kier alpha value is -1.48. The largest absolute Gasteiger partial charge is 0.492 e. The van der Waals surface area contributed by atoms with Crippen LogP contribution in [-0.2, 0) is 10.0 Å². The maximum atomic E-state index is 11.9. The summed E-state index contributed by atoms with van der Waals surface area (Å²) in [5, 5.41) is 0. The van der Waals surface area contributed by atoms with E-state index in [1.807, 2.05) is 12.1 Å². The topological polar surface area (TPSA) is 81.4 Å². The third-order valence-electron chi connectivity index (χ3n) is 2.62. The van der Waals surface area contributed by atoms with Gasteiger partial charge >= 0.3 is 0 Å². The first-order chi connectivity index (χ1) is 9.94. The molecular formula is C14H15IN2O3S. The number of sulfonamides is 1. The van der Waals surface area contributed by atoms with E-state index in [2.05, 4.69) is 27.3 Å². The highest BCUT2D eigenvalue weighted by atomic mass is 127. The van der Waals surface area contributed by atoms with Crippen molar-refractivity contribution in [2.24, 2.45) is 0 Å². The lowest BCUT2D eigenvalue weighted by Crippen LogP contribution is -2.21. The van der Waals surface area contributed by atoms with Gasteiger partial charge in [0.1, 0.15) is 18.1 Å². The molecule has 0 aliphatic rings. The van der Waals surface area contributed by atoms with Gasteiger partial charge in [0.15, 0.2) is 0 Å². The van der Waals surface area contributed by atoms with Crippen LogP contribution in [0.1, 0.15) is 0 Å². The first kappa shape index (κ1) is 15.9. The van der Waals surface area contributed by atoms with Crippen molar-refractivity contribution in [1.82, 2.24) is 0 Å². The highest BCUT2D eigenvalue weighted by Crippen LogP contribution is 2.14. The molecule has 0 heterocycles. The fourth-order valence-corrected chi connectivity index (χ4v) is 2.84. The normalized spacial score (nSPS) is 11.1. The second-order valence-electron chi connectivity index (χ2n) is 4.35. The van der Waals surface area contributed by atoms with Crippen molar-refractivity contribution >= 4 is 44.0 Å². The Balaban J connectivity index is 1.86. The van der Waals surface area contributed by atoms with Crippen molar-refractivity contribution < 1.29 is 13.2 Å². The molecule has 0 fully saturated rings. The van der Waals surface area contributed by atoms with Gasteiger partial charge in [0.2, 0.25) is 10.0 Å². The minimum Gasteiger partial charge on any atom is -0.492 e. The Morgan fingerprint density at radius 2 is 1.67 bits per heavy atom. The van der Waals surface area contributed by atoms with Gasteiger partial charge < -0.3 is 10.5 Å². The molecule has 0 saturated heterocycles. The minimum atomic E-state index is -3.43. The number of halogens is 1. The second kappa shape index (κ2) is 6.99. The summed E-state index contributed by atoms with van der Waals surface area (Å²) in [4.78, 5) is 0. The van der Waals surface area contributed by atoms with E-state index in [1.165, 1.54) is 0 Å². The van der Waals surface area contributed by atoms with Gasteiger partial charge in [0.25, 0.3) is 0 Å². The number of nitrogens with two attached hydrogens (primary N) is 1. The molecule has 0 aliphatic heterocycles. The number of rotatable bonds is 6. The maximum absolute atomic E-state index is 11.9. The van der Waals surface area contributed by atoms with Crippen LogP contribution in [0.4, 0.5) is 11.4 Å². The van der Waals surface area contributed by atoms with Gasteiger partial charge in [0, 0.05) is 14.9 Å². The number of ether oxygens (including phenoxy) is 1. The highest BCUT2D eigenvalue weighted by molar-refractivity contribution is 14.1. The molecule has 5 nitrogen and oxygen atoms in total. The summed E-state index contributed by atoms with van der Waals surface area (Å²) in [6.45, 7) is 0.0730. The molecular weight excluding hydrogens is 403 g/mol. The molecule has 0 radical (unpaired) electrons. The van der Waals surface area contributed by atoms with Crippen molar-refractivity contribution in [2.75, 3.05) is 22.8 Å². The van der Waals surface area contributed by atoms with Gasteiger partial charge in [-0.1, -0.05) is 0 Å². The van der Waals surface area contributed by atoms with E-state index >= 15 is 0 Å². The number of nitrogen functional groups attached to an aromatic ring is 1. The summed E-state index contributed by atoms with van der Waals surface area (Å²) in [6.07, 6.45) is 0. The summed E-state index contributed by atoms with van der Waals surface area (Å²) < 4.78 is 32.8. The van der Waals surface area contributed by atoms with Crippen LogP contribution in [0, 0.1) is 3.57 Å². The summed E-state index contributed by atoms with van der Waals surface area (Å²) in [6, 6.07) is 13.9. The Labute approximate surface area is 137 Å². The molecule has 2 rings (SSSR count). The van der Waals surface area contributed by atoms with Crippen molar-refractivity contribution in [3.63, 3.8) is 0 Å². The number of benzene rings is 2. The van der Waals surface area contributed by atoms with E-state index in [4.69, 9.17) is 10.5 Å². The molecule has 112 valence electrons. The lowest BCUT2D eigenvalue weighted by molar-refractivity contribution is 0.341. The van der Waals surface area contributed by atoms with E-state index < -0.39 is 10.0 Å². The van der Waals surface area contributed by atoms with Crippen LogP contribution in [0.25, 0.3) is 0 Å². The molecule has 2 aromatic carbocycles. The molecule has 0 atom stereocenters. The van der Waals surface area contributed by atoms with Crippen molar-refractivity contribution in [3.05, 3.63) is 52.1 Å². The fourth-order valence-electron chi connectivity index (χ4n) is 1.58. The zero-order valence-corrected chi connectivity index (χ0v) is 14.1. The Morgan fingerprint density at radius 1 is 1.05 bits per heavy atom. The Kier molecular flexibility index (Phi) is 5.29. The molecule has 2 aromatic rings. The van der Waals surface area contributed by atoms with Crippen LogP contribution >= 0.6 is 22.6 Å². The molecule has 0 aromatic heterocycles. The number of hydrogen-bond donors (Lipinski definition) is 2. The summed E-state index contributed by atoms with van der Waals surface area (Å²) >= 11 is 2.16. The average molecular weight is 418 g/mol. The number of anilines is 2. The van der Waals surface area contributed by atoms with Crippen LogP contribution in [0.5, 0.6) is 5.75 Å². The molecule has 21 heavy (non-hydrogen) atoms. The fraction of sp³-hybridized carbons (Fsp3) is 0.143. The minimum absolute atomic E-state index is 0.0730. The summed E-state index contributed by atoms with van der Waals surface area (Å²) in [7, 11) is -3.43. The van der Waals surface area contributed by atoms with Crippen LogP contribution in [0.2, 0.25) is 0 Å². The number of hydrogen-bond acceptors (Lipinski definition) is 4. The standard InChI is InChI=1S/C14H15IN2O3S/c15-11-1-5-13(6-2-11)17-21(18,19)10-9-20-14-7-3-12(16)4-8-14/h1-8,17H,9-10,16H2. The van der Waals surface area contributed by atoms with Crippen molar-refractivity contribution in [2.45, 2.75) is 0 Å². The lowest BCUT2D eigenvalue weighted by atomic mass is 10.3. The van der Waals surface area contributed by atoms with E-state index in [0.717, 1.165) is 3.57 Å². The van der Waals surface area contributed by atoms with Crippen LogP contribution in [0.15, 0.2) is 48.5 Å². The molecule has 7 heteroatoms. The molecule has 0 bridgehead atoms. The Bertz CT molecular complexity index is 685. The zero-order chi connectivity index (χ0) is 15.3. The Morgan fingerprint density at radius 3 is 2.29 bits per heavy atom. The lowest BCUT2D eigenvalue weighted by Gasteiger charge is -2.09. The van der Waals surface area contributed by atoms with Gasteiger partial charge in [-0.15, -0.1) is 0 Å². The molecule has 0 aliphatic carbocycles. The van der Waals surface area contributed by atoms with E-state index in [-0.39, 0.29) is 12.4 Å². The first-order valence-corrected chi connectivity index (χ1v) is 8.92.